The molecule has 0 aliphatic rings. The van der Waals surface area contributed by atoms with Gasteiger partial charge in [-0.3, -0.25) is 13.8 Å². The third-order valence-electron chi connectivity index (χ3n) is 4.25. The van der Waals surface area contributed by atoms with Gasteiger partial charge in [-0.15, -0.1) is 10.2 Å². The van der Waals surface area contributed by atoms with Crippen molar-refractivity contribution in [2.75, 3.05) is 0 Å². The maximum atomic E-state index is 12.8. The van der Waals surface area contributed by atoms with Gasteiger partial charge in [-0.2, -0.15) is 13.2 Å². The summed E-state index contributed by atoms with van der Waals surface area (Å²) in [6.45, 7) is 2.04. The molecule has 7 nitrogen and oxygen atoms in total. The molecule has 0 saturated carbocycles. The van der Waals surface area contributed by atoms with Gasteiger partial charge in [0, 0.05) is 12.6 Å². The normalized spacial score (nSPS) is 12.0. The highest BCUT2D eigenvalue weighted by Gasteiger charge is 2.32. The number of rotatable bonds is 4. The van der Waals surface area contributed by atoms with Crippen LogP contribution < -0.4 is 10.3 Å². The molecule has 0 aliphatic heterocycles. The van der Waals surface area contributed by atoms with Gasteiger partial charge in [0.2, 0.25) is 11.7 Å². The van der Waals surface area contributed by atoms with E-state index in [-0.39, 0.29) is 18.0 Å². The highest BCUT2D eigenvalue weighted by Crippen LogP contribution is 2.28. The van der Waals surface area contributed by atoms with E-state index >= 15 is 0 Å². The van der Waals surface area contributed by atoms with Gasteiger partial charge < -0.3 is 4.74 Å². The molecule has 1 aromatic carbocycles. The number of aryl methyl sites for hydroxylation is 1. The number of hydrogen-bond acceptors (Lipinski definition) is 5. The number of hydrogen-bond donors (Lipinski definition) is 0. The van der Waals surface area contributed by atoms with Crippen LogP contribution >= 0.6 is 0 Å². The lowest BCUT2D eigenvalue weighted by Gasteiger charge is -2.11. The summed E-state index contributed by atoms with van der Waals surface area (Å²) in [6, 6.07) is 10.4. The number of ether oxygens (including phenoxy) is 1. The van der Waals surface area contributed by atoms with Gasteiger partial charge in [0.15, 0.2) is 12.4 Å². The molecule has 3 aromatic heterocycles. The molecule has 0 radical (unpaired) electrons. The largest absolute Gasteiger partial charge is 0.469 e. The van der Waals surface area contributed by atoms with Gasteiger partial charge in [0.05, 0.1) is 10.9 Å². The van der Waals surface area contributed by atoms with Crippen molar-refractivity contribution in [3.05, 3.63) is 64.3 Å². The number of aromatic nitrogens is 5. The summed E-state index contributed by atoms with van der Waals surface area (Å²) in [5.41, 5.74) is -0.640. The molecule has 0 fully saturated rings. The van der Waals surface area contributed by atoms with E-state index in [0.29, 0.717) is 29.0 Å². The van der Waals surface area contributed by atoms with Gasteiger partial charge >= 0.3 is 6.18 Å². The van der Waals surface area contributed by atoms with E-state index < -0.39 is 11.9 Å². The molecule has 0 spiro atoms. The summed E-state index contributed by atoms with van der Waals surface area (Å²) in [4.78, 5) is 16.1. The Bertz CT molecular complexity index is 1230. The second kappa shape index (κ2) is 6.63. The van der Waals surface area contributed by atoms with E-state index in [1.54, 1.807) is 28.7 Å². The van der Waals surface area contributed by atoms with E-state index in [9.17, 15) is 18.0 Å². The molecule has 0 bridgehead atoms. The Morgan fingerprint density at radius 2 is 1.86 bits per heavy atom. The van der Waals surface area contributed by atoms with E-state index in [1.807, 2.05) is 6.92 Å². The molecule has 3 heterocycles. The quantitative estimate of drug-likeness (QED) is 0.536. The van der Waals surface area contributed by atoms with Crippen LogP contribution in [0.25, 0.3) is 16.7 Å². The molecule has 28 heavy (non-hydrogen) atoms. The van der Waals surface area contributed by atoms with Crippen LogP contribution in [0.4, 0.5) is 13.2 Å². The third-order valence-corrected chi connectivity index (χ3v) is 4.25. The summed E-state index contributed by atoms with van der Waals surface area (Å²) in [6.07, 6.45) is -4.56. The fraction of sp³-hybridized carbons (Fsp3) is 0.222. The van der Waals surface area contributed by atoms with Gasteiger partial charge in [-0.1, -0.05) is 18.2 Å². The minimum Gasteiger partial charge on any atom is -0.469 e. The Kier molecular flexibility index (Phi) is 4.25. The van der Waals surface area contributed by atoms with E-state index in [1.165, 1.54) is 16.7 Å². The maximum absolute atomic E-state index is 12.8. The van der Waals surface area contributed by atoms with Crippen LogP contribution in [0.2, 0.25) is 0 Å². The predicted molar refractivity (Wildman–Crippen MR) is 94.0 cm³/mol. The second-order valence-electron chi connectivity index (χ2n) is 5.97. The van der Waals surface area contributed by atoms with Crippen LogP contribution in [0.5, 0.6) is 5.88 Å². The molecule has 4 aromatic rings. The van der Waals surface area contributed by atoms with Crippen molar-refractivity contribution in [1.29, 1.82) is 0 Å². The average molecular weight is 389 g/mol. The highest BCUT2D eigenvalue weighted by molar-refractivity contribution is 5.80. The minimum atomic E-state index is -4.56. The molecule has 0 saturated heterocycles. The van der Waals surface area contributed by atoms with Crippen molar-refractivity contribution in [2.24, 2.45) is 0 Å². The van der Waals surface area contributed by atoms with Crippen LogP contribution in [-0.2, 0) is 19.3 Å². The Morgan fingerprint density at radius 1 is 1.07 bits per heavy atom. The first-order valence-electron chi connectivity index (χ1n) is 8.42. The lowest BCUT2D eigenvalue weighted by Crippen LogP contribution is -2.22. The number of benzene rings is 1. The van der Waals surface area contributed by atoms with Crippen LogP contribution in [0.15, 0.2) is 47.3 Å². The standard InChI is InChI=1S/C18H14F3N5O2/c1-2-25-16(27)11-6-3-4-7-12(11)26-14(23-24-17(25)26)10-28-15-9-5-8-13(22-15)18(19,20)21/h3-9H,2,10H2,1H3. The first-order chi connectivity index (χ1) is 13.4. The SMILES string of the molecule is CCn1c(=O)c2ccccc2n2c(COc3cccc(C(F)(F)F)n3)nnc12. The molecule has 4 rings (SSSR count). The molecular formula is C18H14F3N5O2. The van der Waals surface area contributed by atoms with Gasteiger partial charge in [-0.05, 0) is 25.1 Å². The second-order valence-corrected chi connectivity index (χ2v) is 5.97. The lowest BCUT2D eigenvalue weighted by atomic mass is 10.2. The van der Waals surface area contributed by atoms with Crippen molar-refractivity contribution >= 4 is 16.7 Å². The number of para-hydroxylation sites is 1. The van der Waals surface area contributed by atoms with Crippen LogP contribution in [0.3, 0.4) is 0 Å². The number of pyridine rings is 1. The molecule has 0 amide bonds. The first-order valence-corrected chi connectivity index (χ1v) is 8.42. The molecule has 144 valence electrons. The molecular weight excluding hydrogens is 375 g/mol. The summed E-state index contributed by atoms with van der Waals surface area (Å²) in [5, 5.41) is 8.61. The zero-order valence-corrected chi connectivity index (χ0v) is 14.6. The van der Waals surface area contributed by atoms with Crippen molar-refractivity contribution in [3.63, 3.8) is 0 Å². The number of alkyl halides is 3. The summed E-state index contributed by atoms with van der Waals surface area (Å²) >= 11 is 0. The third kappa shape index (κ3) is 2.96. The summed E-state index contributed by atoms with van der Waals surface area (Å²) in [7, 11) is 0. The first kappa shape index (κ1) is 18.0. The Morgan fingerprint density at radius 3 is 2.61 bits per heavy atom. The monoisotopic (exact) mass is 389 g/mol. The minimum absolute atomic E-state index is 0.165. The van der Waals surface area contributed by atoms with Gasteiger partial charge in [0.25, 0.3) is 5.56 Å². The Hall–Kier alpha value is -3.43. The fourth-order valence-electron chi connectivity index (χ4n) is 2.98. The van der Waals surface area contributed by atoms with Crippen molar-refractivity contribution < 1.29 is 17.9 Å². The number of halogens is 3. The molecule has 10 heteroatoms. The van der Waals surface area contributed by atoms with Gasteiger partial charge in [-0.25, -0.2) is 4.98 Å². The number of nitrogens with zero attached hydrogens (tertiary/aromatic N) is 5. The zero-order chi connectivity index (χ0) is 19.9. The van der Waals surface area contributed by atoms with Crippen molar-refractivity contribution in [1.82, 2.24) is 24.1 Å². The lowest BCUT2D eigenvalue weighted by molar-refractivity contribution is -0.141. The van der Waals surface area contributed by atoms with E-state index in [4.69, 9.17) is 4.74 Å². The molecule has 0 N–H and O–H groups in total. The van der Waals surface area contributed by atoms with Crippen molar-refractivity contribution in [3.8, 4) is 5.88 Å². The Labute approximate surface area is 156 Å². The fourth-order valence-corrected chi connectivity index (χ4v) is 2.98. The maximum Gasteiger partial charge on any atom is 0.433 e. The molecule has 0 atom stereocenters. The number of fused-ring (bicyclic) bond motifs is 3. The summed E-state index contributed by atoms with van der Waals surface area (Å²) < 4.78 is 47.0. The topological polar surface area (TPSA) is 74.3 Å². The summed E-state index contributed by atoms with van der Waals surface area (Å²) in [5.74, 6) is 0.495. The van der Waals surface area contributed by atoms with Crippen molar-refractivity contribution in [2.45, 2.75) is 26.3 Å². The predicted octanol–water partition coefficient (Wildman–Crippen LogP) is 3.06. The van der Waals surface area contributed by atoms with Crippen LogP contribution in [0.1, 0.15) is 18.4 Å². The molecule has 0 unspecified atom stereocenters. The van der Waals surface area contributed by atoms with Crippen LogP contribution in [-0.4, -0.2) is 24.1 Å². The van der Waals surface area contributed by atoms with Gasteiger partial charge in [0.1, 0.15) is 5.69 Å². The zero-order valence-electron chi connectivity index (χ0n) is 14.6. The van der Waals surface area contributed by atoms with E-state index in [2.05, 4.69) is 15.2 Å². The van der Waals surface area contributed by atoms with Crippen LogP contribution in [0, 0.1) is 0 Å². The molecule has 0 aliphatic carbocycles. The van der Waals surface area contributed by atoms with E-state index in [0.717, 1.165) is 6.07 Å². The average Bonchev–Trinajstić information content (AvgIpc) is 3.10. The highest BCUT2D eigenvalue weighted by atomic mass is 19.4. The smallest absolute Gasteiger partial charge is 0.433 e. The Balaban J connectivity index is 1.77.